The van der Waals surface area contributed by atoms with E-state index in [1.807, 2.05) is 18.2 Å². The van der Waals surface area contributed by atoms with Crippen LogP contribution < -0.4 is 10.5 Å². The molecule has 180 valence electrons. The number of nitriles is 1. The number of benzene rings is 2. The second kappa shape index (κ2) is 9.46. The van der Waals surface area contributed by atoms with Crippen molar-refractivity contribution < 1.29 is 13.9 Å². The van der Waals surface area contributed by atoms with Crippen LogP contribution in [0, 0.1) is 17.1 Å². The minimum Gasteiger partial charge on any atom is -0.457 e. The summed E-state index contributed by atoms with van der Waals surface area (Å²) in [4.78, 5) is 14.1. The molecule has 1 saturated heterocycles. The normalized spacial score (nSPS) is 15.4. The van der Waals surface area contributed by atoms with Gasteiger partial charge in [-0.1, -0.05) is 24.8 Å². The first kappa shape index (κ1) is 23.0. The van der Waals surface area contributed by atoms with Gasteiger partial charge < -0.3 is 15.4 Å². The number of rotatable bonds is 5. The van der Waals surface area contributed by atoms with E-state index >= 15 is 4.39 Å². The van der Waals surface area contributed by atoms with Gasteiger partial charge in [0.25, 0.3) is 5.91 Å². The van der Waals surface area contributed by atoms with E-state index in [0.29, 0.717) is 59.8 Å². The number of halogens is 1. The Labute approximate surface area is 206 Å². The van der Waals surface area contributed by atoms with E-state index in [2.05, 4.69) is 16.8 Å². The van der Waals surface area contributed by atoms with Crippen LogP contribution in [0.2, 0.25) is 0 Å². The van der Waals surface area contributed by atoms with Crippen molar-refractivity contribution in [3.05, 3.63) is 72.7 Å². The van der Waals surface area contributed by atoms with Crippen molar-refractivity contribution in [1.82, 2.24) is 24.9 Å². The predicted octanol–water partition coefficient (Wildman–Crippen LogP) is 4.25. The summed E-state index contributed by atoms with van der Waals surface area (Å²) in [6.07, 6.45) is 2.81. The molecule has 2 N–H and O–H groups in total. The van der Waals surface area contributed by atoms with E-state index in [1.54, 1.807) is 39.9 Å². The van der Waals surface area contributed by atoms with Crippen LogP contribution >= 0.6 is 0 Å². The van der Waals surface area contributed by atoms with Gasteiger partial charge in [0.1, 0.15) is 34.7 Å². The van der Waals surface area contributed by atoms with Gasteiger partial charge in [-0.2, -0.15) is 15.5 Å². The number of piperidine rings is 1. The lowest BCUT2D eigenvalue weighted by atomic mass is 10.0. The van der Waals surface area contributed by atoms with Gasteiger partial charge >= 0.3 is 0 Å². The van der Waals surface area contributed by atoms with Crippen LogP contribution in [0.3, 0.4) is 0 Å². The third-order valence-corrected chi connectivity index (χ3v) is 6.12. The van der Waals surface area contributed by atoms with Gasteiger partial charge in [0.15, 0.2) is 5.65 Å². The number of amides is 1. The summed E-state index contributed by atoms with van der Waals surface area (Å²) in [6.45, 7) is 4.34. The van der Waals surface area contributed by atoms with E-state index in [-0.39, 0.29) is 17.2 Å². The van der Waals surface area contributed by atoms with Gasteiger partial charge in [0.2, 0.25) is 0 Å². The molecule has 0 radical (unpaired) electrons. The zero-order chi connectivity index (χ0) is 25.2. The highest BCUT2D eigenvalue weighted by Gasteiger charge is 2.30. The first-order chi connectivity index (χ1) is 17.5. The third kappa shape index (κ3) is 4.22. The van der Waals surface area contributed by atoms with Crippen molar-refractivity contribution in [2.45, 2.75) is 18.9 Å². The van der Waals surface area contributed by atoms with Crippen molar-refractivity contribution in [3.63, 3.8) is 0 Å². The number of nitrogens with two attached hydrogens (primary N) is 1. The summed E-state index contributed by atoms with van der Waals surface area (Å²) in [7, 11) is 0. The molecule has 0 saturated carbocycles. The lowest BCUT2D eigenvalue weighted by molar-refractivity contribution is -0.128. The van der Waals surface area contributed by atoms with E-state index in [9.17, 15) is 4.79 Å². The molecule has 1 amide bonds. The van der Waals surface area contributed by atoms with Crippen LogP contribution in [0.4, 0.5) is 10.1 Å². The molecule has 0 spiro atoms. The molecule has 9 nitrogen and oxygen atoms in total. The highest BCUT2D eigenvalue weighted by atomic mass is 19.1. The fraction of sp³-hybridized carbons (Fsp3) is 0.192. The molecule has 1 unspecified atom stereocenters. The van der Waals surface area contributed by atoms with Gasteiger partial charge in [-0.3, -0.25) is 4.79 Å². The molecule has 0 aliphatic carbocycles. The Balaban J connectivity index is 1.52. The SMILES string of the molecule is C=C(C#N)C(=O)N1CCCC(n2nc(-c3ccc(Oc4ccccc4)cc3F)c3c(N)cnnc32)C1. The molecule has 5 rings (SSSR count). The summed E-state index contributed by atoms with van der Waals surface area (Å²) < 4.78 is 22.7. The van der Waals surface area contributed by atoms with E-state index < -0.39 is 11.7 Å². The van der Waals surface area contributed by atoms with E-state index in [0.717, 1.165) is 0 Å². The standard InChI is InChI=1S/C26H22FN7O2/c1-16(13-28)26(35)33-11-5-6-17(15-33)34-25-23(22(29)14-30-31-25)24(32-34)20-10-9-19(12-21(20)27)36-18-7-3-2-4-8-18/h2-4,7-10,12,14,17H,1,5-6,11,15H2,(H2,29,31). The lowest BCUT2D eigenvalue weighted by Gasteiger charge is -2.32. The third-order valence-electron chi connectivity index (χ3n) is 6.12. The van der Waals surface area contributed by atoms with Crippen molar-refractivity contribution in [3.8, 4) is 28.8 Å². The first-order valence-electron chi connectivity index (χ1n) is 11.4. The van der Waals surface area contributed by atoms with Crippen LogP contribution in [-0.4, -0.2) is 43.9 Å². The average molecular weight is 484 g/mol. The van der Waals surface area contributed by atoms with Gasteiger partial charge in [0.05, 0.1) is 23.3 Å². The molecular formula is C26H22FN7O2. The maximum atomic E-state index is 15.3. The number of ether oxygens (including phenoxy) is 1. The molecule has 10 heteroatoms. The highest BCUT2D eigenvalue weighted by molar-refractivity contribution is 5.99. The maximum absolute atomic E-state index is 15.3. The lowest BCUT2D eigenvalue weighted by Crippen LogP contribution is -2.41. The molecule has 2 aromatic heterocycles. The summed E-state index contributed by atoms with van der Waals surface area (Å²) in [6, 6.07) is 15.2. The number of hydrogen-bond donors (Lipinski definition) is 1. The number of fused-ring (bicyclic) bond motifs is 1. The Kier molecular flexibility index (Phi) is 6.04. The Morgan fingerprint density at radius 2 is 2.03 bits per heavy atom. The number of carbonyl (C=O) groups excluding carboxylic acids is 1. The largest absolute Gasteiger partial charge is 0.457 e. The van der Waals surface area contributed by atoms with Crippen LogP contribution in [-0.2, 0) is 4.79 Å². The second-order valence-electron chi connectivity index (χ2n) is 8.49. The number of hydrogen-bond acceptors (Lipinski definition) is 7. The smallest absolute Gasteiger partial charge is 0.263 e. The van der Waals surface area contributed by atoms with Gasteiger partial charge in [0, 0.05) is 24.7 Å². The molecule has 1 fully saturated rings. The van der Waals surface area contributed by atoms with Gasteiger partial charge in [-0.05, 0) is 37.1 Å². The molecule has 0 bridgehead atoms. The summed E-state index contributed by atoms with van der Waals surface area (Å²) in [5.74, 6) is -0.00558. The minimum atomic E-state index is -0.531. The summed E-state index contributed by atoms with van der Waals surface area (Å²) in [5.41, 5.74) is 7.39. The van der Waals surface area contributed by atoms with Crippen molar-refractivity contribution >= 4 is 22.6 Å². The number of nitrogens with zero attached hydrogens (tertiary/aromatic N) is 6. The van der Waals surface area contributed by atoms with E-state index in [1.165, 1.54) is 12.3 Å². The van der Waals surface area contributed by atoms with Crippen molar-refractivity contribution in [1.29, 1.82) is 5.26 Å². The van der Waals surface area contributed by atoms with Gasteiger partial charge in [-0.25, -0.2) is 9.07 Å². The summed E-state index contributed by atoms with van der Waals surface area (Å²) in [5, 5.41) is 22.4. The number of para-hydroxylation sites is 1. The second-order valence-corrected chi connectivity index (χ2v) is 8.49. The average Bonchev–Trinajstić information content (AvgIpc) is 3.29. The first-order valence-corrected chi connectivity index (χ1v) is 11.4. The van der Waals surface area contributed by atoms with E-state index in [4.69, 9.17) is 20.8 Å². The zero-order valence-electron chi connectivity index (χ0n) is 19.3. The Morgan fingerprint density at radius 1 is 1.22 bits per heavy atom. The minimum absolute atomic E-state index is 0.120. The fourth-order valence-corrected chi connectivity index (χ4v) is 4.39. The predicted molar refractivity (Wildman–Crippen MR) is 131 cm³/mol. The fourth-order valence-electron chi connectivity index (χ4n) is 4.39. The summed E-state index contributed by atoms with van der Waals surface area (Å²) >= 11 is 0. The molecule has 1 aliphatic heterocycles. The molecule has 36 heavy (non-hydrogen) atoms. The van der Waals surface area contributed by atoms with Crippen LogP contribution in [0.25, 0.3) is 22.3 Å². The van der Waals surface area contributed by atoms with Crippen LogP contribution in [0.5, 0.6) is 11.5 Å². The van der Waals surface area contributed by atoms with Crippen molar-refractivity contribution in [2.24, 2.45) is 0 Å². The highest BCUT2D eigenvalue weighted by Crippen LogP contribution is 2.36. The quantitative estimate of drug-likeness (QED) is 0.332. The zero-order valence-corrected chi connectivity index (χ0v) is 19.3. The van der Waals surface area contributed by atoms with Crippen molar-refractivity contribution in [2.75, 3.05) is 18.8 Å². The molecule has 1 aliphatic rings. The number of anilines is 1. The number of likely N-dealkylation sites (tertiary alicyclic amines) is 1. The number of aromatic nitrogens is 4. The number of nitrogen functional groups attached to an aromatic ring is 1. The molecule has 1 atom stereocenters. The van der Waals surface area contributed by atoms with Gasteiger partial charge in [-0.15, -0.1) is 5.10 Å². The van der Waals surface area contributed by atoms with Crippen LogP contribution in [0.15, 0.2) is 66.9 Å². The molecule has 3 heterocycles. The monoisotopic (exact) mass is 483 g/mol. The number of carbonyl (C=O) groups is 1. The van der Waals surface area contributed by atoms with Crippen LogP contribution in [0.1, 0.15) is 18.9 Å². The molecule has 4 aromatic rings. The molecular weight excluding hydrogens is 461 g/mol. The Hall–Kier alpha value is -4.78. The molecule has 2 aromatic carbocycles. The Morgan fingerprint density at radius 3 is 2.78 bits per heavy atom. The topological polar surface area (TPSA) is 123 Å². The Bertz CT molecular complexity index is 1510. The maximum Gasteiger partial charge on any atom is 0.263 e.